The van der Waals surface area contributed by atoms with Crippen LogP contribution in [0.15, 0.2) is 16.8 Å². The van der Waals surface area contributed by atoms with E-state index in [9.17, 15) is 0 Å². The molecule has 2 nitrogen and oxygen atoms in total. The molecule has 0 spiro atoms. The highest BCUT2D eigenvalue weighted by molar-refractivity contribution is 7.07. The van der Waals surface area contributed by atoms with Crippen LogP contribution >= 0.6 is 11.3 Å². The summed E-state index contributed by atoms with van der Waals surface area (Å²) in [5, 5.41) is 7.95. The number of rotatable bonds is 6. The van der Waals surface area contributed by atoms with E-state index in [-0.39, 0.29) is 0 Å². The second kappa shape index (κ2) is 6.38. The maximum absolute atomic E-state index is 3.57. The SMILES string of the molecule is CCCN1CCC(CNCc2ccsc2)C1. The average molecular weight is 238 g/mol. The molecule has 1 aromatic rings. The lowest BCUT2D eigenvalue weighted by Gasteiger charge is -2.14. The molecule has 1 aliphatic heterocycles. The minimum absolute atomic E-state index is 0.866. The Kier molecular flexibility index (Phi) is 4.82. The van der Waals surface area contributed by atoms with E-state index < -0.39 is 0 Å². The van der Waals surface area contributed by atoms with Crippen LogP contribution in [0.4, 0.5) is 0 Å². The highest BCUT2D eigenvalue weighted by Gasteiger charge is 2.20. The molecule has 2 rings (SSSR count). The first kappa shape index (κ1) is 12.1. The Labute approximate surface area is 103 Å². The molecule has 1 unspecified atom stereocenters. The summed E-state index contributed by atoms with van der Waals surface area (Å²) < 4.78 is 0. The van der Waals surface area contributed by atoms with Crippen LogP contribution < -0.4 is 5.32 Å². The zero-order chi connectivity index (χ0) is 11.2. The zero-order valence-electron chi connectivity index (χ0n) is 10.1. The van der Waals surface area contributed by atoms with E-state index in [1.807, 2.05) is 0 Å². The molecule has 0 saturated carbocycles. The molecule has 90 valence electrons. The van der Waals surface area contributed by atoms with Crippen molar-refractivity contribution in [2.45, 2.75) is 26.3 Å². The fraction of sp³-hybridized carbons (Fsp3) is 0.692. The molecule has 1 fully saturated rings. The molecule has 1 atom stereocenters. The van der Waals surface area contributed by atoms with Gasteiger partial charge in [-0.25, -0.2) is 0 Å². The molecule has 0 aliphatic carbocycles. The van der Waals surface area contributed by atoms with Gasteiger partial charge in [-0.1, -0.05) is 6.92 Å². The van der Waals surface area contributed by atoms with Gasteiger partial charge < -0.3 is 10.2 Å². The minimum Gasteiger partial charge on any atom is -0.312 e. The summed E-state index contributed by atoms with van der Waals surface area (Å²) in [7, 11) is 0. The molecule has 0 bridgehead atoms. The summed E-state index contributed by atoms with van der Waals surface area (Å²) in [5.41, 5.74) is 1.42. The summed E-state index contributed by atoms with van der Waals surface area (Å²) in [6.07, 6.45) is 2.66. The quantitative estimate of drug-likeness (QED) is 0.819. The fourth-order valence-corrected chi connectivity index (χ4v) is 3.08. The first-order valence-electron chi connectivity index (χ1n) is 6.32. The minimum atomic E-state index is 0.866. The average Bonchev–Trinajstić information content (AvgIpc) is 2.90. The van der Waals surface area contributed by atoms with Crippen molar-refractivity contribution in [2.24, 2.45) is 5.92 Å². The Morgan fingerprint density at radius 3 is 3.25 bits per heavy atom. The maximum atomic E-state index is 3.57. The van der Waals surface area contributed by atoms with E-state index in [0.717, 1.165) is 12.5 Å². The van der Waals surface area contributed by atoms with E-state index in [1.54, 1.807) is 11.3 Å². The lowest BCUT2D eigenvalue weighted by atomic mass is 10.1. The lowest BCUT2D eigenvalue weighted by molar-refractivity contribution is 0.322. The van der Waals surface area contributed by atoms with E-state index in [1.165, 1.54) is 44.6 Å². The first-order chi connectivity index (χ1) is 7.88. The summed E-state index contributed by atoms with van der Waals surface area (Å²) in [6, 6.07) is 2.20. The standard InChI is InChI=1S/C13H22N2S/c1-2-5-15-6-3-12(10-15)8-14-9-13-4-7-16-11-13/h4,7,11-12,14H,2-3,5-6,8-10H2,1H3. The summed E-state index contributed by atoms with van der Waals surface area (Å²) in [6.45, 7) is 8.36. The van der Waals surface area contributed by atoms with Crippen LogP contribution in [0.25, 0.3) is 0 Å². The van der Waals surface area contributed by atoms with Gasteiger partial charge in [-0.15, -0.1) is 0 Å². The van der Waals surface area contributed by atoms with Crippen molar-refractivity contribution >= 4 is 11.3 Å². The highest BCUT2D eigenvalue weighted by atomic mass is 32.1. The number of thiophene rings is 1. The lowest BCUT2D eigenvalue weighted by Crippen LogP contribution is -2.26. The molecule has 1 saturated heterocycles. The van der Waals surface area contributed by atoms with Crippen molar-refractivity contribution < 1.29 is 0 Å². The van der Waals surface area contributed by atoms with Gasteiger partial charge in [0.15, 0.2) is 0 Å². The molecule has 16 heavy (non-hydrogen) atoms. The molecule has 1 aliphatic rings. The molecule has 0 radical (unpaired) electrons. The van der Waals surface area contributed by atoms with Crippen molar-refractivity contribution in [3.05, 3.63) is 22.4 Å². The van der Waals surface area contributed by atoms with Crippen LogP contribution in [0.3, 0.4) is 0 Å². The second-order valence-electron chi connectivity index (χ2n) is 4.72. The van der Waals surface area contributed by atoms with E-state index in [2.05, 4.69) is 34.0 Å². The Hall–Kier alpha value is -0.380. The summed E-state index contributed by atoms with van der Waals surface area (Å²) in [4.78, 5) is 2.59. The highest BCUT2D eigenvalue weighted by Crippen LogP contribution is 2.15. The van der Waals surface area contributed by atoms with Crippen LogP contribution in [-0.4, -0.2) is 31.1 Å². The monoisotopic (exact) mass is 238 g/mol. The summed E-state index contributed by atoms with van der Waals surface area (Å²) >= 11 is 1.78. The molecule has 0 aromatic carbocycles. The zero-order valence-corrected chi connectivity index (χ0v) is 10.9. The van der Waals surface area contributed by atoms with Gasteiger partial charge in [0.05, 0.1) is 0 Å². The van der Waals surface area contributed by atoms with Crippen molar-refractivity contribution in [2.75, 3.05) is 26.2 Å². The van der Waals surface area contributed by atoms with Crippen LogP contribution in [0.5, 0.6) is 0 Å². The first-order valence-corrected chi connectivity index (χ1v) is 7.27. The van der Waals surface area contributed by atoms with Gasteiger partial charge in [0.25, 0.3) is 0 Å². The predicted molar refractivity (Wildman–Crippen MR) is 70.9 cm³/mol. The van der Waals surface area contributed by atoms with Crippen LogP contribution in [-0.2, 0) is 6.54 Å². The third kappa shape index (κ3) is 3.58. The van der Waals surface area contributed by atoms with E-state index in [4.69, 9.17) is 0 Å². The van der Waals surface area contributed by atoms with Gasteiger partial charge in [-0.3, -0.25) is 0 Å². The molecular formula is C13H22N2S. The number of hydrogen-bond donors (Lipinski definition) is 1. The molecular weight excluding hydrogens is 216 g/mol. The molecule has 0 amide bonds. The van der Waals surface area contributed by atoms with Crippen molar-refractivity contribution in [3.63, 3.8) is 0 Å². The van der Waals surface area contributed by atoms with Gasteiger partial charge in [0.2, 0.25) is 0 Å². The van der Waals surface area contributed by atoms with Gasteiger partial charge in [-0.2, -0.15) is 11.3 Å². The van der Waals surface area contributed by atoms with Crippen molar-refractivity contribution in [1.29, 1.82) is 0 Å². The maximum Gasteiger partial charge on any atom is 0.0213 e. The molecule has 2 heterocycles. The summed E-state index contributed by atoms with van der Waals surface area (Å²) in [5.74, 6) is 0.866. The Morgan fingerprint density at radius 2 is 2.50 bits per heavy atom. The Morgan fingerprint density at radius 1 is 1.56 bits per heavy atom. The molecule has 3 heteroatoms. The largest absolute Gasteiger partial charge is 0.312 e. The predicted octanol–water partition coefficient (Wildman–Crippen LogP) is 2.57. The van der Waals surface area contributed by atoms with E-state index >= 15 is 0 Å². The van der Waals surface area contributed by atoms with Crippen molar-refractivity contribution in [3.8, 4) is 0 Å². The van der Waals surface area contributed by atoms with Gasteiger partial charge in [-0.05, 0) is 60.8 Å². The van der Waals surface area contributed by atoms with Gasteiger partial charge in [0.1, 0.15) is 0 Å². The van der Waals surface area contributed by atoms with Gasteiger partial charge in [0, 0.05) is 13.1 Å². The van der Waals surface area contributed by atoms with Crippen LogP contribution in [0, 0.1) is 5.92 Å². The van der Waals surface area contributed by atoms with Crippen molar-refractivity contribution in [1.82, 2.24) is 10.2 Å². The number of likely N-dealkylation sites (tertiary alicyclic amines) is 1. The molecule has 1 N–H and O–H groups in total. The number of nitrogens with zero attached hydrogens (tertiary/aromatic N) is 1. The molecule has 1 aromatic heterocycles. The Balaban J connectivity index is 1.60. The van der Waals surface area contributed by atoms with Crippen LogP contribution in [0.1, 0.15) is 25.3 Å². The Bertz CT molecular complexity index is 284. The van der Waals surface area contributed by atoms with Gasteiger partial charge >= 0.3 is 0 Å². The third-order valence-corrected chi connectivity index (χ3v) is 3.98. The fourth-order valence-electron chi connectivity index (χ4n) is 2.41. The number of nitrogens with one attached hydrogen (secondary N) is 1. The smallest absolute Gasteiger partial charge is 0.0213 e. The van der Waals surface area contributed by atoms with Crippen LogP contribution in [0.2, 0.25) is 0 Å². The topological polar surface area (TPSA) is 15.3 Å². The van der Waals surface area contributed by atoms with E-state index in [0.29, 0.717) is 0 Å². The second-order valence-corrected chi connectivity index (χ2v) is 5.50. The third-order valence-electron chi connectivity index (χ3n) is 3.25. The number of hydrogen-bond acceptors (Lipinski definition) is 3. The normalized spacial score (nSPS) is 21.7.